The molecule has 3 atom stereocenters. The highest BCUT2D eigenvalue weighted by molar-refractivity contribution is 5.88. The molecule has 5 rings (SSSR count). The first-order valence-corrected chi connectivity index (χ1v) is 8.27. The van der Waals surface area contributed by atoms with Gasteiger partial charge in [0.1, 0.15) is 0 Å². The number of hydrogen-bond acceptors (Lipinski definition) is 1. The van der Waals surface area contributed by atoms with E-state index in [4.69, 9.17) is 0 Å². The van der Waals surface area contributed by atoms with Gasteiger partial charge >= 0.3 is 0 Å². The normalized spacial score (nSPS) is 26.8. The lowest BCUT2D eigenvalue weighted by Crippen LogP contribution is -2.46. The van der Waals surface area contributed by atoms with E-state index in [1.165, 1.54) is 34.0 Å². The maximum Gasteiger partial charge on any atom is 0.0459 e. The lowest BCUT2D eigenvalue weighted by Gasteiger charge is -2.40. The minimum atomic E-state index is 0.592. The monoisotopic (exact) mass is 288 g/mol. The number of fused-ring (bicyclic) bond motifs is 2. The second-order valence-electron chi connectivity index (χ2n) is 6.75. The summed E-state index contributed by atoms with van der Waals surface area (Å²) in [5, 5.41) is 5.31. The van der Waals surface area contributed by atoms with Crippen LogP contribution in [0.5, 0.6) is 0 Å². The Morgan fingerprint density at radius 1 is 0.955 bits per heavy atom. The van der Waals surface area contributed by atoms with E-state index in [1.54, 1.807) is 0 Å². The van der Waals surface area contributed by atoms with Gasteiger partial charge < -0.3 is 10.3 Å². The Kier molecular flexibility index (Phi) is 2.68. The third-order valence-corrected chi connectivity index (χ3v) is 5.58. The molecule has 2 nitrogen and oxygen atoms in total. The fraction of sp³-hybridized carbons (Fsp3) is 0.300. The molecule has 2 N–H and O–H groups in total. The second-order valence-corrected chi connectivity index (χ2v) is 6.75. The third-order valence-electron chi connectivity index (χ3n) is 5.58. The van der Waals surface area contributed by atoms with Crippen LogP contribution in [-0.2, 0) is 6.42 Å². The lowest BCUT2D eigenvalue weighted by atomic mass is 9.72. The SMILES string of the molecule is c1ccc(C2CN[C@@H]3Cc4c[nH]c5cccc(c45)[C@H]3C2)cc1. The van der Waals surface area contributed by atoms with Gasteiger partial charge in [0.2, 0.25) is 0 Å². The number of rotatable bonds is 1. The van der Waals surface area contributed by atoms with Gasteiger partial charge in [0.25, 0.3) is 0 Å². The van der Waals surface area contributed by atoms with Gasteiger partial charge in [0.05, 0.1) is 0 Å². The minimum absolute atomic E-state index is 0.592. The fourth-order valence-corrected chi connectivity index (χ4v) is 4.52. The molecule has 2 aromatic carbocycles. The zero-order valence-corrected chi connectivity index (χ0v) is 12.5. The van der Waals surface area contributed by atoms with Crippen molar-refractivity contribution in [1.82, 2.24) is 10.3 Å². The molecular weight excluding hydrogens is 268 g/mol. The quantitative estimate of drug-likeness (QED) is 0.697. The Morgan fingerprint density at radius 3 is 2.77 bits per heavy atom. The van der Waals surface area contributed by atoms with E-state index in [9.17, 15) is 0 Å². The predicted octanol–water partition coefficient (Wildman–Crippen LogP) is 3.95. The molecule has 2 aliphatic rings. The van der Waals surface area contributed by atoms with Crippen molar-refractivity contribution in [3.63, 3.8) is 0 Å². The van der Waals surface area contributed by atoms with Crippen LogP contribution in [0.15, 0.2) is 54.7 Å². The molecule has 1 saturated heterocycles. The first kappa shape index (κ1) is 12.5. The van der Waals surface area contributed by atoms with E-state index in [2.05, 4.69) is 65.0 Å². The molecule has 1 aliphatic heterocycles. The molecule has 1 aromatic heterocycles. The first-order chi connectivity index (χ1) is 10.9. The average Bonchev–Trinajstić information content (AvgIpc) is 3.00. The number of piperidine rings is 1. The molecule has 0 saturated carbocycles. The number of hydrogen-bond donors (Lipinski definition) is 2. The topological polar surface area (TPSA) is 27.8 Å². The van der Waals surface area contributed by atoms with E-state index in [-0.39, 0.29) is 0 Å². The summed E-state index contributed by atoms with van der Waals surface area (Å²) in [6.07, 6.45) is 4.62. The molecule has 22 heavy (non-hydrogen) atoms. The van der Waals surface area contributed by atoms with Crippen LogP contribution in [0.25, 0.3) is 10.9 Å². The van der Waals surface area contributed by atoms with Crippen molar-refractivity contribution >= 4 is 10.9 Å². The van der Waals surface area contributed by atoms with Crippen LogP contribution in [-0.4, -0.2) is 17.6 Å². The molecule has 2 heteroatoms. The van der Waals surface area contributed by atoms with Crippen molar-refractivity contribution < 1.29 is 0 Å². The summed E-state index contributed by atoms with van der Waals surface area (Å²) in [5.41, 5.74) is 5.80. The fourth-order valence-electron chi connectivity index (χ4n) is 4.52. The predicted molar refractivity (Wildman–Crippen MR) is 90.3 cm³/mol. The van der Waals surface area contributed by atoms with Crippen LogP contribution in [0, 0.1) is 0 Å². The molecule has 1 aliphatic carbocycles. The zero-order valence-electron chi connectivity index (χ0n) is 12.5. The van der Waals surface area contributed by atoms with Gasteiger partial charge in [-0.1, -0.05) is 42.5 Å². The van der Waals surface area contributed by atoms with Gasteiger partial charge in [-0.15, -0.1) is 0 Å². The highest BCUT2D eigenvalue weighted by Crippen LogP contribution is 2.43. The van der Waals surface area contributed by atoms with Crippen LogP contribution in [0.2, 0.25) is 0 Å². The van der Waals surface area contributed by atoms with E-state index in [1.807, 2.05) is 0 Å². The summed E-state index contributed by atoms with van der Waals surface area (Å²) in [4.78, 5) is 3.44. The largest absolute Gasteiger partial charge is 0.361 e. The van der Waals surface area contributed by atoms with Crippen molar-refractivity contribution in [3.8, 4) is 0 Å². The Morgan fingerprint density at radius 2 is 1.86 bits per heavy atom. The standard InChI is InChI=1S/C20H20N2/c1-2-5-13(6-3-1)14-9-17-16-7-4-8-18-20(16)15(12-21-18)10-19(17)22-11-14/h1-8,12,14,17,19,21-22H,9-11H2/t14?,17-,19-/m1/s1. The van der Waals surface area contributed by atoms with Crippen molar-refractivity contribution in [2.75, 3.05) is 6.54 Å². The van der Waals surface area contributed by atoms with Crippen molar-refractivity contribution in [2.24, 2.45) is 0 Å². The molecule has 0 amide bonds. The highest BCUT2D eigenvalue weighted by atomic mass is 14.9. The molecule has 0 spiro atoms. The molecule has 3 aromatic rings. The van der Waals surface area contributed by atoms with Crippen LogP contribution in [0.1, 0.15) is 34.9 Å². The molecule has 1 fully saturated rings. The summed E-state index contributed by atoms with van der Waals surface area (Å²) in [6, 6.07) is 18.3. The highest BCUT2D eigenvalue weighted by Gasteiger charge is 2.36. The van der Waals surface area contributed by atoms with Gasteiger partial charge in [0.15, 0.2) is 0 Å². The Labute approximate surface area is 130 Å². The van der Waals surface area contributed by atoms with Gasteiger partial charge in [-0.25, -0.2) is 0 Å². The van der Waals surface area contributed by atoms with Crippen molar-refractivity contribution in [2.45, 2.75) is 30.7 Å². The van der Waals surface area contributed by atoms with Crippen LogP contribution < -0.4 is 5.32 Å². The Bertz CT molecular complexity index is 818. The number of benzene rings is 2. The minimum Gasteiger partial charge on any atom is -0.361 e. The van der Waals surface area contributed by atoms with E-state index >= 15 is 0 Å². The molecule has 110 valence electrons. The number of nitrogens with one attached hydrogen (secondary N) is 2. The molecular formula is C20H20N2. The third kappa shape index (κ3) is 1.77. The smallest absolute Gasteiger partial charge is 0.0459 e. The Hall–Kier alpha value is -2.06. The second kappa shape index (κ2) is 4.72. The van der Waals surface area contributed by atoms with Gasteiger partial charge in [-0.05, 0) is 41.5 Å². The summed E-state index contributed by atoms with van der Waals surface area (Å²) >= 11 is 0. The summed E-state index contributed by atoms with van der Waals surface area (Å²) in [6.45, 7) is 1.10. The van der Waals surface area contributed by atoms with E-state index < -0.39 is 0 Å². The number of aromatic amines is 1. The molecule has 2 heterocycles. The van der Waals surface area contributed by atoms with Gasteiger partial charge in [-0.3, -0.25) is 0 Å². The maximum absolute atomic E-state index is 3.83. The van der Waals surface area contributed by atoms with Crippen molar-refractivity contribution in [1.29, 1.82) is 0 Å². The Balaban J connectivity index is 1.57. The first-order valence-electron chi connectivity index (χ1n) is 8.27. The van der Waals surface area contributed by atoms with Crippen molar-refractivity contribution in [3.05, 3.63) is 71.4 Å². The zero-order chi connectivity index (χ0) is 14.5. The summed E-state index contributed by atoms with van der Waals surface area (Å²) < 4.78 is 0. The lowest BCUT2D eigenvalue weighted by molar-refractivity contribution is 0.315. The van der Waals surface area contributed by atoms with E-state index in [0.717, 1.165) is 13.0 Å². The van der Waals surface area contributed by atoms with Crippen LogP contribution in [0.4, 0.5) is 0 Å². The number of aromatic nitrogens is 1. The van der Waals surface area contributed by atoms with Crippen LogP contribution >= 0.6 is 0 Å². The molecule has 1 unspecified atom stereocenters. The van der Waals surface area contributed by atoms with Gasteiger partial charge in [-0.2, -0.15) is 0 Å². The van der Waals surface area contributed by atoms with Gasteiger partial charge in [0, 0.05) is 35.6 Å². The van der Waals surface area contributed by atoms with Crippen LogP contribution in [0.3, 0.4) is 0 Å². The van der Waals surface area contributed by atoms with E-state index in [0.29, 0.717) is 17.9 Å². The summed E-state index contributed by atoms with van der Waals surface area (Å²) in [5.74, 6) is 1.25. The molecule has 0 bridgehead atoms. The average molecular weight is 288 g/mol. The summed E-state index contributed by atoms with van der Waals surface area (Å²) in [7, 11) is 0. The maximum atomic E-state index is 3.83. The molecule has 0 radical (unpaired) electrons. The number of H-pyrrole nitrogens is 1.